The predicted octanol–water partition coefficient (Wildman–Crippen LogP) is 2.89. The molecule has 5 N–H and O–H groups in total. The van der Waals surface area contributed by atoms with Crippen molar-refractivity contribution >= 4 is 18.3 Å². The molecule has 1 saturated carbocycles. The number of aliphatic hydroxyl groups is 1. The molecule has 0 aromatic heterocycles. The lowest BCUT2D eigenvalue weighted by atomic mass is 9.84. The van der Waals surface area contributed by atoms with Crippen molar-refractivity contribution in [3.63, 3.8) is 0 Å². The van der Waals surface area contributed by atoms with Crippen molar-refractivity contribution in [1.82, 2.24) is 20.9 Å². The number of hydrogen-bond donors (Lipinski definition) is 5. The molecule has 6 rings (SSSR count). The van der Waals surface area contributed by atoms with E-state index in [9.17, 15) is 23.5 Å². The minimum Gasteiger partial charge on any atom is -0.483 e. The third kappa shape index (κ3) is 9.30. The van der Waals surface area contributed by atoms with Crippen molar-refractivity contribution in [1.29, 1.82) is 0 Å². The second kappa shape index (κ2) is 15.5. The molecule has 2 amide bonds. The van der Waals surface area contributed by atoms with Gasteiger partial charge < -0.3 is 31.1 Å². The average Bonchev–Trinajstić information content (AvgIpc) is 3.80. The molecule has 9 nitrogen and oxygen atoms in total. The van der Waals surface area contributed by atoms with E-state index in [0.717, 1.165) is 57.8 Å². The van der Waals surface area contributed by atoms with Gasteiger partial charge >= 0.3 is 0 Å². The number of rotatable bonds is 13. The van der Waals surface area contributed by atoms with Crippen LogP contribution in [0.4, 0.5) is 8.78 Å². The van der Waals surface area contributed by atoms with Gasteiger partial charge in [0.05, 0.1) is 12.1 Å². The number of nitrogens with one attached hydrogen (secondary N) is 3. The Morgan fingerprint density at radius 3 is 2.30 bits per heavy atom. The van der Waals surface area contributed by atoms with Gasteiger partial charge in [-0.05, 0) is 86.4 Å². The summed E-state index contributed by atoms with van der Waals surface area (Å²) < 4.78 is 27.8. The van der Waals surface area contributed by atoms with Gasteiger partial charge in [-0.15, -0.1) is 0 Å². The summed E-state index contributed by atoms with van der Waals surface area (Å²) in [5, 5.41) is 27.5. The van der Waals surface area contributed by atoms with Crippen LogP contribution in [0.2, 0.25) is 0 Å². The number of nitrogens with zero attached hydrogens (tertiary/aromatic N) is 1. The minimum absolute atomic E-state index is 0.0329. The number of amides is 2. The van der Waals surface area contributed by atoms with Gasteiger partial charge in [0.1, 0.15) is 11.6 Å². The monoisotopic (exact) mass is 614 g/mol. The Morgan fingerprint density at radius 2 is 1.70 bits per heavy atom. The zero-order valence-corrected chi connectivity index (χ0v) is 25.2. The molecular formula is C33H44F2N4O5. The van der Waals surface area contributed by atoms with E-state index in [-0.39, 0.29) is 55.7 Å². The summed E-state index contributed by atoms with van der Waals surface area (Å²) >= 11 is 0. The number of carboxylic acid groups (broad SMARTS) is 1. The van der Waals surface area contributed by atoms with E-state index >= 15 is 0 Å². The lowest BCUT2D eigenvalue weighted by Crippen LogP contribution is -2.57. The second-order valence-corrected chi connectivity index (χ2v) is 12.2. The van der Waals surface area contributed by atoms with Gasteiger partial charge in [-0.25, -0.2) is 8.78 Å². The first-order valence-electron chi connectivity index (χ1n) is 15.5. The number of carbonyl (C=O) groups excluding carboxylic acids is 2. The normalized spacial score (nSPS) is 22.6. The van der Waals surface area contributed by atoms with E-state index in [1.165, 1.54) is 23.3 Å². The summed E-state index contributed by atoms with van der Waals surface area (Å²) in [4.78, 5) is 36.3. The summed E-state index contributed by atoms with van der Waals surface area (Å²) in [5.41, 5.74) is 2.53. The molecule has 44 heavy (non-hydrogen) atoms. The van der Waals surface area contributed by atoms with Crippen molar-refractivity contribution in [2.75, 3.05) is 26.2 Å². The first-order chi connectivity index (χ1) is 21.1. The lowest BCUT2D eigenvalue weighted by Gasteiger charge is -2.44. The maximum absolute atomic E-state index is 13.9. The topological polar surface area (TPSA) is 131 Å². The molecule has 3 saturated heterocycles. The van der Waals surface area contributed by atoms with Gasteiger partial charge in [-0.3, -0.25) is 14.4 Å². The highest BCUT2D eigenvalue weighted by Crippen LogP contribution is 2.45. The summed E-state index contributed by atoms with van der Waals surface area (Å²) in [7, 11) is 0. The minimum atomic E-state index is -1.02. The Kier molecular flexibility index (Phi) is 11.8. The fraction of sp³-hybridized carbons (Fsp3) is 0.545. The lowest BCUT2D eigenvalue weighted by molar-refractivity contribution is -0.128. The van der Waals surface area contributed by atoms with Crippen LogP contribution in [-0.4, -0.2) is 77.8 Å². The molecule has 2 bridgehead atoms. The van der Waals surface area contributed by atoms with Crippen LogP contribution in [0, 0.1) is 17.6 Å². The number of halogens is 2. The number of carbonyl (C=O) groups is 3. The SMILES string of the molecule is CCc1cccc(C2(NC[C@@H](O)[C@H](Cc3cc(F)cc(F)c3)NC(=O)CCC(=O)N[C@@H]3CN4CCC3CC4)CC2)c1.O=CO. The summed E-state index contributed by atoms with van der Waals surface area (Å²) in [6.07, 6.45) is 4.03. The van der Waals surface area contributed by atoms with Gasteiger partial charge in [-0.1, -0.05) is 31.2 Å². The molecule has 2 aromatic rings. The van der Waals surface area contributed by atoms with Crippen molar-refractivity contribution in [3.8, 4) is 0 Å². The molecule has 11 heteroatoms. The second-order valence-electron chi connectivity index (χ2n) is 12.2. The van der Waals surface area contributed by atoms with Gasteiger partial charge in [-0.2, -0.15) is 0 Å². The zero-order valence-electron chi connectivity index (χ0n) is 25.2. The Morgan fingerprint density at radius 1 is 1.05 bits per heavy atom. The maximum atomic E-state index is 13.9. The molecule has 240 valence electrons. The van der Waals surface area contributed by atoms with Gasteiger partial charge in [0, 0.05) is 43.6 Å². The van der Waals surface area contributed by atoms with Crippen LogP contribution in [0.1, 0.15) is 62.1 Å². The van der Waals surface area contributed by atoms with Crippen LogP contribution in [0.15, 0.2) is 42.5 Å². The molecule has 1 aliphatic carbocycles. The Bertz CT molecular complexity index is 1260. The Labute approximate surface area is 257 Å². The van der Waals surface area contributed by atoms with Crippen LogP contribution in [0.3, 0.4) is 0 Å². The fourth-order valence-corrected chi connectivity index (χ4v) is 6.40. The van der Waals surface area contributed by atoms with Crippen molar-refractivity contribution in [2.24, 2.45) is 5.92 Å². The summed E-state index contributed by atoms with van der Waals surface area (Å²) in [5.74, 6) is -1.47. The smallest absolute Gasteiger partial charge is 0.290 e. The standard InChI is InChI=1S/C32H42F2N4O3.CH2O2/c1-2-21-4-3-5-24(14-21)32(10-11-32)35-19-29(39)27(17-22-15-25(33)18-26(34)16-22)36-30(40)6-7-31(41)37-28-20-38-12-8-23(28)9-13-38;2-1-3/h3-5,14-16,18,23,27-29,35,39H,2,6-13,17,19-20H2,1H3,(H,36,40)(H,37,41);1H,(H,2,3)/t27-,28+,29+;/m0./s1. The molecule has 3 heterocycles. The Balaban J connectivity index is 0.00000141. The number of benzene rings is 2. The van der Waals surface area contributed by atoms with E-state index in [1.54, 1.807) is 0 Å². The highest BCUT2D eigenvalue weighted by molar-refractivity contribution is 5.84. The molecule has 3 aliphatic heterocycles. The highest BCUT2D eigenvalue weighted by Gasteiger charge is 2.44. The van der Waals surface area contributed by atoms with Crippen LogP contribution in [-0.2, 0) is 32.8 Å². The molecule has 4 aliphatic rings. The Hall–Kier alpha value is -3.41. The van der Waals surface area contributed by atoms with E-state index < -0.39 is 23.8 Å². The number of aliphatic hydroxyl groups excluding tert-OH is 1. The predicted molar refractivity (Wildman–Crippen MR) is 162 cm³/mol. The molecule has 0 unspecified atom stereocenters. The van der Waals surface area contributed by atoms with Crippen LogP contribution in [0.5, 0.6) is 0 Å². The van der Waals surface area contributed by atoms with Crippen molar-refractivity contribution in [2.45, 2.75) is 82.0 Å². The average molecular weight is 615 g/mol. The molecule has 0 radical (unpaired) electrons. The van der Waals surface area contributed by atoms with Crippen LogP contribution in [0.25, 0.3) is 0 Å². The molecule has 0 spiro atoms. The van der Waals surface area contributed by atoms with Gasteiger partial charge in [0.2, 0.25) is 11.8 Å². The van der Waals surface area contributed by atoms with Crippen LogP contribution < -0.4 is 16.0 Å². The first-order valence-corrected chi connectivity index (χ1v) is 15.5. The number of fused-ring (bicyclic) bond motifs is 3. The number of piperidine rings is 3. The molecule has 2 aromatic carbocycles. The summed E-state index contributed by atoms with van der Waals surface area (Å²) in [6, 6.07) is 11.0. The van der Waals surface area contributed by atoms with Gasteiger partial charge in [0.15, 0.2) is 0 Å². The summed E-state index contributed by atoms with van der Waals surface area (Å²) in [6.45, 7) is 5.08. The quantitative estimate of drug-likeness (QED) is 0.219. The van der Waals surface area contributed by atoms with Gasteiger partial charge in [0.25, 0.3) is 6.47 Å². The first kappa shape index (κ1) is 33.5. The third-order valence-electron chi connectivity index (χ3n) is 9.06. The van der Waals surface area contributed by atoms with E-state index in [0.29, 0.717) is 11.5 Å². The largest absolute Gasteiger partial charge is 0.483 e. The highest BCUT2D eigenvalue weighted by atomic mass is 19.1. The van der Waals surface area contributed by atoms with Crippen molar-refractivity contribution < 1.29 is 33.4 Å². The van der Waals surface area contributed by atoms with E-state index in [1.807, 2.05) is 6.07 Å². The number of hydrogen-bond acceptors (Lipinski definition) is 6. The third-order valence-corrected chi connectivity index (χ3v) is 9.06. The van der Waals surface area contributed by atoms with E-state index in [2.05, 4.69) is 46.0 Å². The maximum Gasteiger partial charge on any atom is 0.290 e. The molecule has 3 atom stereocenters. The fourth-order valence-electron chi connectivity index (χ4n) is 6.40. The van der Waals surface area contributed by atoms with E-state index in [4.69, 9.17) is 9.90 Å². The van der Waals surface area contributed by atoms with Crippen LogP contribution >= 0.6 is 0 Å². The molecule has 4 fully saturated rings. The number of aryl methyl sites for hydroxylation is 1. The molecular weight excluding hydrogens is 570 g/mol. The van der Waals surface area contributed by atoms with Crippen molar-refractivity contribution in [3.05, 3.63) is 70.8 Å². The zero-order chi connectivity index (χ0) is 31.7.